The third-order valence-electron chi connectivity index (χ3n) is 3.09. The number of rotatable bonds is 4. The molecule has 3 aliphatic heterocycles. The van der Waals surface area contributed by atoms with Gasteiger partial charge in [0.15, 0.2) is 0 Å². The van der Waals surface area contributed by atoms with Crippen LogP contribution in [0.25, 0.3) is 0 Å². The van der Waals surface area contributed by atoms with Gasteiger partial charge >= 0.3 is 0 Å². The van der Waals surface area contributed by atoms with Gasteiger partial charge in [0.25, 0.3) is 0 Å². The Balaban J connectivity index is 1.41. The second-order valence-electron chi connectivity index (χ2n) is 4.44. The van der Waals surface area contributed by atoms with Crippen LogP contribution in [0, 0.1) is 5.92 Å². The van der Waals surface area contributed by atoms with Crippen molar-refractivity contribution in [1.29, 1.82) is 0 Å². The molecule has 3 aliphatic rings. The van der Waals surface area contributed by atoms with Gasteiger partial charge in [-0.2, -0.15) is 35.3 Å². The summed E-state index contributed by atoms with van der Waals surface area (Å²) in [5, 5.41) is 3.17. The Morgan fingerprint density at radius 1 is 0.769 bits per heavy atom. The minimum Gasteiger partial charge on any atom is -0.158 e. The van der Waals surface area contributed by atoms with Crippen LogP contribution in [0.1, 0.15) is 19.3 Å². The van der Waals surface area contributed by atoms with Crippen molar-refractivity contribution in [1.82, 2.24) is 0 Å². The fourth-order valence-corrected chi connectivity index (χ4v) is 5.22. The molecule has 0 spiro atoms. The molecule has 4 unspecified atom stereocenters. The molecule has 0 aromatic heterocycles. The van der Waals surface area contributed by atoms with Gasteiger partial charge in [-0.1, -0.05) is 0 Å². The third kappa shape index (κ3) is 2.75. The molecule has 0 radical (unpaired) electrons. The van der Waals surface area contributed by atoms with E-state index in [0.717, 1.165) is 21.7 Å². The van der Waals surface area contributed by atoms with Gasteiger partial charge in [0.1, 0.15) is 0 Å². The second-order valence-corrected chi connectivity index (χ2v) is 8.44. The average Bonchev–Trinajstić information content (AvgIpc) is 2.96. The van der Waals surface area contributed by atoms with Crippen molar-refractivity contribution in [2.45, 2.75) is 35.0 Å². The average molecular weight is 232 g/mol. The lowest BCUT2D eigenvalue weighted by atomic mass is 9.99. The van der Waals surface area contributed by atoms with Crippen LogP contribution in [0.4, 0.5) is 0 Å². The van der Waals surface area contributed by atoms with E-state index in [-0.39, 0.29) is 0 Å². The van der Waals surface area contributed by atoms with Gasteiger partial charge in [-0.15, -0.1) is 0 Å². The molecule has 13 heavy (non-hydrogen) atoms. The Morgan fingerprint density at radius 2 is 1.46 bits per heavy atom. The molecule has 3 heteroatoms. The standard InChI is InChI=1S/C10H16S3/c1-7(2-9-5-12-9)4-11-8(1)3-10-6-13-10/h7-10H,1-6H2. The predicted molar refractivity (Wildman–Crippen MR) is 66.1 cm³/mol. The number of hydrogen-bond acceptors (Lipinski definition) is 3. The van der Waals surface area contributed by atoms with E-state index in [2.05, 4.69) is 35.3 Å². The van der Waals surface area contributed by atoms with Crippen molar-refractivity contribution >= 4 is 35.3 Å². The summed E-state index contributed by atoms with van der Waals surface area (Å²) < 4.78 is 0. The number of hydrogen-bond donors (Lipinski definition) is 0. The maximum absolute atomic E-state index is 2.27. The van der Waals surface area contributed by atoms with Crippen molar-refractivity contribution in [3.63, 3.8) is 0 Å². The van der Waals surface area contributed by atoms with E-state index in [9.17, 15) is 0 Å². The molecule has 3 heterocycles. The van der Waals surface area contributed by atoms with Crippen LogP contribution in [-0.4, -0.2) is 33.0 Å². The molecule has 3 rings (SSSR count). The molecule has 3 saturated heterocycles. The minimum absolute atomic E-state index is 1.04. The molecule has 4 atom stereocenters. The van der Waals surface area contributed by atoms with Gasteiger partial charge in [0, 0.05) is 27.3 Å². The second kappa shape index (κ2) is 3.90. The molecule has 0 bridgehead atoms. The van der Waals surface area contributed by atoms with Crippen molar-refractivity contribution < 1.29 is 0 Å². The number of thioether (sulfide) groups is 3. The van der Waals surface area contributed by atoms with E-state index >= 15 is 0 Å². The molecule has 0 aliphatic carbocycles. The van der Waals surface area contributed by atoms with E-state index in [0.29, 0.717) is 0 Å². The van der Waals surface area contributed by atoms with Crippen molar-refractivity contribution in [2.75, 3.05) is 17.3 Å². The van der Waals surface area contributed by atoms with Gasteiger partial charge < -0.3 is 0 Å². The van der Waals surface area contributed by atoms with E-state index in [4.69, 9.17) is 0 Å². The monoisotopic (exact) mass is 232 g/mol. The van der Waals surface area contributed by atoms with E-state index in [1.807, 2.05) is 0 Å². The van der Waals surface area contributed by atoms with Crippen LogP contribution in [0.2, 0.25) is 0 Å². The summed E-state index contributed by atoms with van der Waals surface area (Å²) in [6.07, 6.45) is 4.59. The first-order chi connectivity index (χ1) is 6.40. The van der Waals surface area contributed by atoms with Gasteiger partial charge in [0.2, 0.25) is 0 Å². The molecular weight excluding hydrogens is 216 g/mol. The summed E-state index contributed by atoms with van der Waals surface area (Å²) in [5.41, 5.74) is 0. The Bertz CT molecular complexity index is 167. The van der Waals surface area contributed by atoms with Crippen LogP contribution >= 0.6 is 35.3 Å². The maximum Gasteiger partial charge on any atom is 0.0149 e. The topological polar surface area (TPSA) is 0 Å². The maximum atomic E-state index is 2.27. The normalized spacial score (nSPS) is 48.0. The first kappa shape index (κ1) is 9.29. The Hall–Kier alpha value is 1.05. The molecule has 0 nitrogen and oxygen atoms in total. The molecule has 0 aromatic carbocycles. The molecular formula is C10H16S3. The van der Waals surface area contributed by atoms with Crippen LogP contribution < -0.4 is 0 Å². The Kier molecular flexibility index (Phi) is 2.78. The fraction of sp³-hybridized carbons (Fsp3) is 1.00. The summed E-state index contributed by atoms with van der Waals surface area (Å²) in [5.74, 6) is 5.47. The lowest BCUT2D eigenvalue weighted by molar-refractivity contribution is 0.518. The quantitative estimate of drug-likeness (QED) is 0.684. The highest BCUT2D eigenvalue weighted by molar-refractivity contribution is 8.07. The SMILES string of the molecule is C1SC(CC2CS2)CC1CC1CS1. The van der Waals surface area contributed by atoms with Crippen molar-refractivity contribution in [3.05, 3.63) is 0 Å². The molecule has 0 saturated carbocycles. The molecule has 0 aromatic rings. The van der Waals surface area contributed by atoms with Crippen molar-refractivity contribution in [3.8, 4) is 0 Å². The highest BCUT2D eigenvalue weighted by atomic mass is 32.2. The first-order valence-corrected chi connectivity index (χ1v) is 8.39. The van der Waals surface area contributed by atoms with Gasteiger partial charge in [-0.05, 0) is 30.9 Å². The zero-order valence-corrected chi connectivity index (χ0v) is 10.2. The fourth-order valence-electron chi connectivity index (χ4n) is 2.18. The van der Waals surface area contributed by atoms with Gasteiger partial charge in [0.05, 0.1) is 0 Å². The summed E-state index contributed by atoms with van der Waals surface area (Å²) in [4.78, 5) is 0. The highest BCUT2D eigenvalue weighted by Crippen LogP contribution is 2.45. The van der Waals surface area contributed by atoms with Crippen LogP contribution in [-0.2, 0) is 0 Å². The molecule has 0 amide bonds. The first-order valence-electron chi connectivity index (χ1n) is 5.25. The summed E-state index contributed by atoms with van der Waals surface area (Å²) in [6, 6.07) is 0. The van der Waals surface area contributed by atoms with Crippen LogP contribution in [0.15, 0.2) is 0 Å². The summed E-state index contributed by atoms with van der Waals surface area (Å²) >= 11 is 6.60. The highest BCUT2D eigenvalue weighted by Gasteiger charge is 2.34. The summed E-state index contributed by atoms with van der Waals surface area (Å²) in [7, 11) is 0. The lowest BCUT2D eigenvalue weighted by Gasteiger charge is -2.07. The van der Waals surface area contributed by atoms with Gasteiger partial charge in [-0.3, -0.25) is 0 Å². The van der Waals surface area contributed by atoms with E-state index in [1.54, 1.807) is 6.42 Å². The van der Waals surface area contributed by atoms with Crippen LogP contribution in [0.3, 0.4) is 0 Å². The Labute approximate surface area is 93.4 Å². The molecule has 3 fully saturated rings. The van der Waals surface area contributed by atoms with Crippen molar-refractivity contribution in [2.24, 2.45) is 5.92 Å². The zero-order chi connectivity index (χ0) is 8.67. The Morgan fingerprint density at radius 3 is 2.15 bits per heavy atom. The zero-order valence-electron chi connectivity index (χ0n) is 7.78. The predicted octanol–water partition coefficient (Wildman–Crippen LogP) is 3.12. The van der Waals surface area contributed by atoms with E-state index in [1.165, 1.54) is 30.1 Å². The van der Waals surface area contributed by atoms with Crippen LogP contribution in [0.5, 0.6) is 0 Å². The lowest BCUT2D eigenvalue weighted by Crippen LogP contribution is -2.06. The smallest absolute Gasteiger partial charge is 0.0149 e. The summed E-state index contributed by atoms with van der Waals surface area (Å²) in [6.45, 7) is 0. The van der Waals surface area contributed by atoms with Gasteiger partial charge in [-0.25, -0.2) is 0 Å². The molecule has 0 N–H and O–H groups in total. The largest absolute Gasteiger partial charge is 0.158 e. The van der Waals surface area contributed by atoms with E-state index < -0.39 is 0 Å². The third-order valence-corrected chi connectivity index (χ3v) is 6.61. The minimum atomic E-state index is 1.04. The molecule has 74 valence electrons.